The van der Waals surface area contributed by atoms with Crippen LogP contribution in [0.3, 0.4) is 0 Å². The largest absolute Gasteiger partial charge is 0.537 e. The average molecular weight is 291 g/mol. The molecule has 0 spiro atoms. The molecule has 0 saturated carbocycles. The summed E-state index contributed by atoms with van der Waals surface area (Å²) >= 11 is 0. The maximum Gasteiger partial charge on any atom is 0.516 e. The van der Waals surface area contributed by atoms with Crippen LogP contribution in [0.15, 0.2) is 30.3 Å². The smallest absolute Gasteiger partial charge is 0.516 e. The molecule has 0 N–H and O–H groups in total. The van der Waals surface area contributed by atoms with Gasteiger partial charge in [0.25, 0.3) is 0 Å². The summed E-state index contributed by atoms with van der Waals surface area (Å²) in [4.78, 5) is 23.8. The fourth-order valence-corrected chi connectivity index (χ4v) is 3.09. The standard InChI is InChI=1S/C17H23O4/c1-4-20-17(19)11-15-12(2)10-16(21(15)13(3)18)14-8-6-5-7-9-14/h5-9,12,15-16H,4,10-11H2,1-3H3/q+1/t12-,15+,16+/m1/s1. The quantitative estimate of drug-likeness (QED) is 0.632. The Bertz CT molecular complexity index is 497. The van der Waals surface area contributed by atoms with Crippen molar-refractivity contribution in [1.82, 2.24) is 0 Å². The molecule has 0 amide bonds. The van der Waals surface area contributed by atoms with Crippen molar-refractivity contribution in [2.75, 3.05) is 6.61 Å². The van der Waals surface area contributed by atoms with Crippen molar-refractivity contribution in [2.24, 2.45) is 5.92 Å². The van der Waals surface area contributed by atoms with E-state index >= 15 is 0 Å². The zero-order valence-electron chi connectivity index (χ0n) is 12.9. The summed E-state index contributed by atoms with van der Waals surface area (Å²) in [5.41, 5.74) is 1.09. The summed E-state index contributed by atoms with van der Waals surface area (Å²) < 4.78 is 7.86. The van der Waals surface area contributed by atoms with Gasteiger partial charge in [-0.05, 0) is 6.92 Å². The van der Waals surface area contributed by atoms with Gasteiger partial charge in [0, 0.05) is 22.7 Å². The highest BCUT2D eigenvalue weighted by molar-refractivity contribution is 5.73. The van der Waals surface area contributed by atoms with Crippen molar-refractivity contribution in [3.05, 3.63) is 35.9 Å². The van der Waals surface area contributed by atoms with E-state index in [2.05, 4.69) is 11.3 Å². The van der Waals surface area contributed by atoms with Crippen LogP contribution in [0.2, 0.25) is 0 Å². The number of hydrogen-bond donors (Lipinski definition) is 0. The summed E-state index contributed by atoms with van der Waals surface area (Å²) in [7, 11) is 0. The van der Waals surface area contributed by atoms with Gasteiger partial charge < -0.3 is 9.10 Å². The molecule has 0 radical (unpaired) electrons. The second kappa shape index (κ2) is 6.74. The van der Waals surface area contributed by atoms with E-state index in [0.29, 0.717) is 6.61 Å². The Balaban J connectivity index is 2.22. The first-order chi connectivity index (χ1) is 10.0. The Kier molecular flexibility index (Phi) is 4.99. The summed E-state index contributed by atoms with van der Waals surface area (Å²) in [6, 6.07) is 9.94. The molecular weight excluding hydrogens is 268 g/mol. The Morgan fingerprint density at radius 3 is 2.52 bits per heavy atom. The number of ether oxygens (including phenoxy) is 1. The Morgan fingerprint density at radius 2 is 1.95 bits per heavy atom. The topological polar surface area (TPSA) is 46.1 Å². The zero-order valence-corrected chi connectivity index (χ0v) is 12.9. The van der Waals surface area contributed by atoms with Gasteiger partial charge in [0.15, 0.2) is 6.10 Å². The molecular formula is C17H23O4+. The van der Waals surface area contributed by atoms with E-state index in [1.165, 1.54) is 6.92 Å². The maximum absolute atomic E-state index is 12.1. The van der Waals surface area contributed by atoms with E-state index in [0.717, 1.165) is 12.0 Å². The van der Waals surface area contributed by atoms with Crippen LogP contribution >= 0.6 is 0 Å². The molecule has 1 saturated heterocycles. The summed E-state index contributed by atoms with van der Waals surface area (Å²) in [5, 5.41) is 0. The summed E-state index contributed by atoms with van der Waals surface area (Å²) in [6.07, 6.45) is 0.894. The van der Waals surface area contributed by atoms with Gasteiger partial charge in [-0.25, -0.2) is 0 Å². The number of esters is 1. The van der Waals surface area contributed by atoms with E-state index in [4.69, 9.17) is 4.74 Å². The molecule has 1 fully saturated rings. The van der Waals surface area contributed by atoms with Crippen molar-refractivity contribution in [3.8, 4) is 0 Å². The molecule has 114 valence electrons. The Hall–Kier alpha value is -1.84. The van der Waals surface area contributed by atoms with E-state index in [-0.39, 0.29) is 36.5 Å². The van der Waals surface area contributed by atoms with Gasteiger partial charge in [0.1, 0.15) is 12.5 Å². The van der Waals surface area contributed by atoms with Crippen LogP contribution in [0.4, 0.5) is 0 Å². The molecule has 4 nitrogen and oxygen atoms in total. The third kappa shape index (κ3) is 3.43. The molecule has 3 atom stereocenters. The number of rotatable bonds is 4. The molecule has 21 heavy (non-hydrogen) atoms. The molecule has 2 rings (SSSR count). The lowest BCUT2D eigenvalue weighted by Crippen LogP contribution is -2.32. The lowest BCUT2D eigenvalue weighted by Gasteiger charge is -2.30. The predicted octanol–water partition coefficient (Wildman–Crippen LogP) is 3.19. The molecule has 0 aliphatic carbocycles. The fourth-order valence-electron chi connectivity index (χ4n) is 3.09. The number of carbonyl (C=O) groups is 2. The molecule has 1 aromatic rings. The van der Waals surface area contributed by atoms with Crippen LogP contribution in [0.25, 0.3) is 0 Å². The molecule has 1 heterocycles. The minimum absolute atomic E-state index is 0.0295. The normalized spacial score (nSPS) is 24.9. The van der Waals surface area contributed by atoms with Gasteiger partial charge >= 0.3 is 11.9 Å². The van der Waals surface area contributed by atoms with Crippen molar-refractivity contribution in [3.63, 3.8) is 0 Å². The van der Waals surface area contributed by atoms with E-state index in [1.807, 2.05) is 30.3 Å². The SMILES string of the molecule is CCOC(=O)C[C@H]1[C@H](C)C[C@@H](c2ccccc2)[O+]1C(C)=O. The Labute approximate surface area is 125 Å². The third-order valence-corrected chi connectivity index (χ3v) is 4.03. The molecule has 0 unspecified atom stereocenters. The molecule has 0 bridgehead atoms. The number of carbonyl (C=O) groups excluding carboxylic acids is 2. The van der Waals surface area contributed by atoms with Crippen LogP contribution in [-0.4, -0.2) is 24.6 Å². The fraction of sp³-hybridized carbons (Fsp3) is 0.529. The summed E-state index contributed by atoms with van der Waals surface area (Å²) in [6.45, 7) is 5.78. The highest BCUT2D eigenvalue weighted by Gasteiger charge is 2.46. The van der Waals surface area contributed by atoms with Crippen LogP contribution in [-0.2, 0) is 18.7 Å². The van der Waals surface area contributed by atoms with Gasteiger partial charge in [-0.15, -0.1) is 0 Å². The summed E-state index contributed by atoms with van der Waals surface area (Å²) in [5.74, 6) is -0.0715. The number of hydrogen-bond acceptors (Lipinski definition) is 3. The van der Waals surface area contributed by atoms with Crippen molar-refractivity contribution in [1.29, 1.82) is 0 Å². The highest BCUT2D eigenvalue weighted by Crippen LogP contribution is 2.44. The first kappa shape index (κ1) is 15.5. The Morgan fingerprint density at radius 1 is 1.29 bits per heavy atom. The zero-order chi connectivity index (χ0) is 15.4. The van der Waals surface area contributed by atoms with Gasteiger partial charge in [-0.3, -0.25) is 4.79 Å². The van der Waals surface area contributed by atoms with Crippen molar-refractivity contribution in [2.45, 2.75) is 45.8 Å². The van der Waals surface area contributed by atoms with E-state index in [9.17, 15) is 9.59 Å². The van der Waals surface area contributed by atoms with Gasteiger partial charge in [0.2, 0.25) is 0 Å². The van der Waals surface area contributed by atoms with Crippen LogP contribution in [0, 0.1) is 5.92 Å². The average Bonchev–Trinajstić information content (AvgIpc) is 2.77. The minimum Gasteiger partial charge on any atom is -0.537 e. The first-order valence-corrected chi connectivity index (χ1v) is 7.47. The lowest BCUT2D eigenvalue weighted by molar-refractivity contribution is -0.215. The molecule has 0 aromatic heterocycles. The van der Waals surface area contributed by atoms with Crippen LogP contribution < -0.4 is 0 Å². The second-order valence-corrected chi connectivity index (χ2v) is 5.52. The van der Waals surface area contributed by atoms with Crippen molar-refractivity contribution < 1.29 is 18.7 Å². The van der Waals surface area contributed by atoms with Crippen LogP contribution in [0.1, 0.15) is 45.3 Å². The molecule has 1 aliphatic rings. The van der Waals surface area contributed by atoms with Crippen molar-refractivity contribution >= 4 is 11.9 Å². The monoisotopic (exact) mass is 291 g/mol. The van der Waals surface area contributed by atoms with E-state index < -0.39 is 0 Å². The number of benzene rings is 1. The molecule has 1 aromatic carbocycles. The third-order valence-electron chi connectivity index (χ3n) is 4.03. The van der Waals surface area contributed by atoms with Gasteiger partial charge in [-0.2, -0.15) is 0 Å². The predicted molar refractivity (Wildman–Crippen MR) is 79.8 cm³/mol. The first-order valence-electron chi connectivity index (χ1n) is 7.47. The highest BCUT2D eigenvalue weighted by atomic mass is 16.7. The lowest BCUT2D eigenvalue weighted by atomic mass is 9.97. The second-order valence-electron chi connectivity index (χ2n) is 5.52. The minimum atomic E-state index is -0.248. The molecule has 4 heteroatoms. The van der Waals surface area contributed by atoms with Gasteiger partial charge in [-0.1, -0.05) is 37.3 Å². The maximum atomic E-state index is 12.1. The van der Waals surface area contributed by atoms with E-state index in [1.54, 1.807) is 6.92 Å². The van der Waals surface area contributed by atoms with Crippen LogP contribution in [0.5, 0.6) is 0 Å². The molecule has 1 aliphatic heterocycles. The van der Waals surface area contributed by atoms with Gasteiger partial charge in [0.05, 0.1) is 13.5 Å².